The van der Waals surface area contributed by atoms with Gasteiger partial charge in [0, 0.05) is 42.2 Å². The van der Waals surface area contributed by atoms with Gasteiger partial charge in [-0.1, -0.05) is 6.42 Å². The molecule has 1 aromatic heterocycles. The largest absolute Gasteiger partial charge is 0.497 e. The Morgan fingerprint density at radius 2 is 2.08 bits per heavy atom. The fraction of sp³-hybridized carbons (Fsp3) is 0.550. The van der Waals surface area contributed by atoms with E-state index in [-0.39, 0.29) is 5.91 Å². The molecule has 2 aliphatic heterocycles. The van der Waals surface area contributed by atoms with E-state index < -0.39 is 0 Å². The zero-order valence-corrected chi connectivity index (χ0v) is 15.2. The molecule has 0 spiro atoms. The minimum absolute atomic E-state index is 0.00794. The number of amides is 1. The summed E-state index contributed by atoms with van der Waals surface area (Å²) in [5.74, 6) is 1.21. The Bertz CT molecular complexity index is 792. The van der Waals surface area contributed by atoms with E-state index in [1.54, 1.807) is 7.11 Å². The smallest absolute Gasteiger partial charge is 0.289 e. The summed E-state index contributed by atoms with van der Waals surface area (Å²) in [4.78, 5) is 17.3. The normalized spacial score (nSPS) is 22.2. The van der Waals surface area contributed by atoms with Crippen molar-refractivity contribution in [2.45, 2.75) is 45.2 Å². The topological polar surface area (TPSA) is 45.9 Å². The summed E-state index contributed by atoms with van der Waals surface area (Å²) < 4.78 is 11.1. The number of hydrogen-bond donors (Lipinski definition) is 0. The lowest BCUT2D eigenvalue weighted by atomic mass is 9.97. The molecular formula is C20H26N2O3. The van der Waals surface area contributed by atoms with Crippen molar-refractivity contribution in [1.82, 2.24) is 9.80 Å². The maximum absolute atomic E-state index is 12.9. The van der Waals surface area contributed by atoms with Crippen molar-refractivity contribution in [3.05, 3.63) is 29.5 Å². The van der Waals surface area contributed by atoms with Gasteiger partial charge >= 0.3 is 0 Å². The van der Waals surface area contributed by atoms with E-state index in [2.05, 4.69) is 11.8 Å². The fourth-order valence-electron chi connectivity index (χ4n) is 4.17. The lowest BCUT2D eigenvalue weighted by Gasteiger charge is -2.49. The van der Waals surface area contributed by atoms with Crippen molar-refractivity contribution in [2.75, 3.05) is 26.7 Å². The zero-order chi connectivity index (χ0) is 17.6. The summed E-state index contributed by atoms with van der Waals surface area (Å²) in [6.07, 6.45) is 3.88. The first-order chi connectivity index (χ1) is 12.1. The van der Waals surface area contributed by atoms with Crippen molar-refractivity contribution in [1.29, 1.82) is 0 Å². The van der Waals surface area contributed by atoms with E-state index in [1.807, 2.05) is 30.0 Å². The van der Waals surface area contributed by atoms with Gasteiger partial charge in [0.25, 0.3) is 5.91 Å². The standard InChI is InChI=1S/C20H26N2O3/c1-13-6-4-5-9-22(13)15-11-21(12-15)20(23)19-14(2)17-8-7-16(24-3)10-18(17)25-19/h7-8,10,13,15H,4-6,9,11-12H2,1-3H3. The molecule has 2 saturated heterocycles. The van der Waals surface area contributed by atoms with Crippen LogP contribution in [0.3, 0.4) is 0 Å². The first-order valence-electron chi connectivity index (χ1n) is 9.20. The molecule has 5 nitrogen and oxygen atoms in total. The average Bonchev–Trinajstić information content (AvgIpc) is 2.91. The summed E-state index contributed by atoms with van der Waals surface area (Å²) in [6.45, 7) is 7.04. The van der Waals surface area contributed by atoms with Gasteiger partial charge in [-0.2, -0.15) is 0 Å². The van der Waals surface area contributed by atoms with Crippen LogP contribution in [0, 0.1) is 6.92 Å². The molecule has 0 aliphatic carbocycles. The van der Waals surface area contributed by atoms with Gasteiger partial charge in [-0.3, -0.25) is 9.69 Å². The highest BCUT2D eigenvalue weighted by molar-refractivity contribution is 5.99. The molecule has 1 unspecified atom stereocenters. The Morgan fingerprint density at radius 3 is 2.80 bits per heavy atom. The number of furan rings is 1. The molecule has 134 valence electrons. The molecule has 0 bridgehead atoms. The molecule has 2 aliphatic rings. The summed E-state index contributed by atoms with van der Waals surface area (Å²) in [6, 6.07) is 6.84. The number of fused-ring (bicyclic) bond motifs is 1. The number of benzene rings is 1. The van der Waals surface area contributed by atoms with E-state index in [1.165, 1.54) is 19.3 Å². The van der Waals surface area contributed by atoms with E-state index in [0.717, 1.165) is 36.3 Å². The van der Waals surface area contributed by atoms with Crippen LogP contribution in [0.4, 0.5) is 0 Å². The number of piperidine rings is 1. The minimum Gasteiger partial charge on any atom is -0.497 e. The molecule has 25 heavy (non-hydrogen) atoms. The first kappa shape index (κ1) is 16.5. The van der Waals surface area contributed by atoms with E-state index in [4.69, 9.17) is 9.15 Å². The molecule has 1 amide bonds. The van der Waals surface area contributed by atoms with Crippen LogP contribution in [0.1, 0.15) is 42.3 Å². The number of hydrogen-bond acceptors (Lipinski definition) is 4. The van der Waals surface area contributed by atoms with Crippen LogP contribution in [-0.4, -0.2) is 54.5 Å². The van der Waals surface area contributed by atoms with Crippen molar-refractivity contribution in [3.8, 4) is 5.75 Å². The molecule has 1 aromatic carbocycles. The number of carbonyl (C=O) groups is 1. The highest BCUT2D eigenvalue weighted by atomic mass is 16.5. The van der Waals surface area contributed by atoms with E-state index >= 15 is 0 Å². The third kappa shape index (κ3) is 2.80. The predicted octanol–water partition coefficient (Wildman–Crippen LogP) is 3.45. The van der Waals surface area contributed by atoms with Crippen LogP contribution < -0.4 is 4.74 Å². The van der Waals surface area contributed by atoms with Crippen LogP contribution in [-0.2, 0) is 0 Å². The first-order valence-corrected chi connectivity index (χ1v) is 9.20. The second kappa shape index (κ2) is 6.37. The van der Waals surface area contributed by atoms with Crippen LogP contribution in [0.15, 0.2) is 22.6 Å². The van der Waals surface area contributed by atoms with Crippen molar-refractivity contribution < 1.29 is 13.9 Å². The SMILES string of the molecule is COc1ccc2c(C)c(C(=O)N3CC(N4CCCCC4C)C3)oc2c1. The zero-order valence-electron chi connectivity index (χ0n) is 15.2. The Balaban J connectivity index is 1.49. The Hall–Kier alpha value is -2.01. The van der Waals surface area contributed by atoms with Crippen molar-refractivity contribution in [2.24, 2.45) is 0 Å². The number of likely N-dealkylation sites (tertiary alicyclic amines) is 2. The maximum atomic E-state index is 12.9. The van der Waals surface area contributed by atoms with Gasteiger partial charge in [0.05, 0.1) is 7.11 Å². The predicted molar refractivity (Wildman–Crippen MR) is 97.2 cm³/mol. The molecular weight excluding hydrogens is 316 g/mol. The average molecular weight is 342 g/mol. The maximum Gasteiger partial charge on any atom is 0.289 e. The lowest BCUT2D eigenvalue weighted by Crippen LogP contribution is -2.63. The van der Waals surface area contributed by atoms with Crippen molar-refractivity contribution in [3.63, 3.8) is 0 Å². The summed E-state index contributed by atoms with van der Waals surface area (Å²) in [5, 5.41) is 0.978. The molecule has 2 aromatic rings. The summed E-state index contributed by atoms with van der Waals surface area (Å²) >= 11 is 0. The van der Waals surface area contributed by atoms with Crippen LogP contribution in [0.25, 0.3) is 11.0 Å². The lowest BCUT2D eigenvalue weighted by molar-refractivity contribution is 0.000585. The summed E-state index contributed by atoms with van der Waals surface area (Å²) in [7, 11) is 1.63. The van der Waals surface area contributed by atoms with Gasteiger partial charge in [-0.25, -0.2) is 0 Å². The number of carbonyl (C=O) groups excluding carboxylic acids is 1. The third-order valence-corrected chi connectivity index (χ3v) is 5.81. The number of rotatable bonds is 3. The highest BCUT2D eigenvalue weighted by Gasteiger charge is 2.39. The second-order valence-corrected chi connectivity index (χ2v) is 7.36. The van der Waals surface area contributed by atoms with Crippen molar-refractivity contribution >= 4 is 16.9 Å². The highest BCUT2D eigenvalue weighted by Crippen LogP contribution is 2.31. The molecule has 0 N–H and O–H groups in total. The molecule has 5 heteroatoms. The number of nitrogens with zero attached hydrogens (tertiary/aromatic N) is 2. The molecule has 3 heterocycles. The van der Waals surface area contributed by atoms with Gasteiger partial charge in [-0.15, -0.1) is 0 Å². The number of methoxy groups -OCH3 is 1. The molecule has 4 rings (SSSR count). The van der Waals surface area contributed by atoms with Gasteiger partial charge in [-0.05, 0) is 45.4 Å². The van der Waals surface area contributed by atoms with Gasteiger partial charge < -0.3 is 14.1 Å². The monoisotopic (exact) mass is 342 g/mol. The molecule has 1 atom stereocenters. The number of aryl methyl sites for hydroxylation is 1. The molecule has 0 radical (unpaired) electrons. The van der Waals surface area contributed by atoms with Crippen LogP contribution in [0.2, 0.25) is 0 Å². The fourth-order valence-corrected chi connectivity index (χ4v) is 4.17. The Kier molecular flexibility index (Phi) is 4.20. The van der Waals surface area contributed by atoms with Gasteiger partial charge in [0.1, 0.15) is 11.3 Å². The van der Waals surface area contributed by atoms with E-state index in [9.17, 15) is 4.79 Å². The number of ether oxygens (including phenoxy) is 1. The quantitative estimate of drug-likeness (QED) is 0.857. The van der Waals surface area contributed by atoms with Crippen LogP contribution in [0.5, 0.6) is 5.75 Å². The Morgan fingerprint density at radius 1 is 1.28 bits per heavy atom. The third-order valence-electron chi connectivity index (χ3n) is 5.81. The van der Waals surface area contributed by atoms with Crippen LogP contribution >= 0.6 is 0 Å². The summed E-state index contributed by atoms with van der Waals surface area (Å²) in [5.41, 5.74) is 1.62. The molecule has 0 saturated carbocycles. The molecule has 2 fully saturated rings. The van der Waals surface area contributed by atoms with E-state index in [0.29, 0.717) is 23.4 Å². The van der Waals surface area contributed by atoms with Gasteiger partial charge in [0.2, 0.25) is 0 Å². The van der Waals surface area contributed by atoms with Gasteiger partial charge in [0.15, 0.2) is 5.76 Å². The Labute approximate surface area is 148 Å². The second-order valence-electron chi connectivity index (χ2n) is 7.36. The minimum atomic E-state index is 0.00794.